The highest BCUT2D eigenvalue weighted by Gasteiger charge is 2.61. The summed E-state index contributed by atoms with van der Waals surface area (Å²) in [6.07, 6.45) is 0. The van der Waals surface area contributed by atoms with Crippen molar-refractivity contribution in [2.24, 2.45) is 0 Å². The number of Topliss-reactive ketones (excluding diaryl/α,β-unsaturated/α-hetero) is 2. The van der Waals surface area contributed by atoms with Crippen LogP contribution in [0.25, 0.3) is 11.1 Å². The van der Waals surface area contributed by atoms with Crippen molar-refractivity contribution >= 4 is 22.7 Å². The minimum absolute atomic E-state index is 0.181. The van der Waals surface area contributed by atoms with Crippen LogP contribution in [0, 0.1) is 0 Å². The van der Waals surface area contributed by atoms with Gasteiger partial charge in [0.15, 0.2) is 11.6 Å². The molecule has 0 saturated heterocycles. The van der Waals surface area contributed by atoms with Gasteiger partial charge in [-0.25, -0.2) is 0 Å². The summed E-state index contributed by atoms with van der Waals surface area (Å²) in [5.74, 6) is 1.08. The van der Waals surface area contributed by atoms with Crippen LogP contribution in [-0.2, 0) is 5.41 Å². The van der Waals surface area contributed by atoms with Crippen LogP contribution in [0.2, 0.25) is 0 Å². The molecule has 0 unspecified atom stereocenters. The van der Waals surface area contributed by atoms with Crippen LogP contribution in [0.5, 0.6) is 11.5 Å². The first kappa shape index (κ1) is 21.1. The zero-order chi connectivity index (χ0) is 24.2. The molecule has 2 aliphatic carbocycles. The van der Waals surface area contributed by atoms with Crippen LogP contribution in [0.15, 0.2) is 97.1 Å². The highest BCUT2D eigenvalue weighted by Crippen LogP contribution is 2.58. The van der Waals surface area contributed by atoms with Gasteiger partial charge in [-0.3, -0.25) is 9.59 Å². The first-order valence-electron chi connectivity index (χ1n) is 11.4. The van der Waals surface area contributed by atoms with Gasteiger partial charge in [-0.1, -0.05) is 72.8 Å². The number of hydrogen-bond acceptors (Lipinski definition) is 4. The Morgan fingerprint density at radius 3 is 1.51 bits per heavy atom. The second kappa shape index (κ2) is 7.81. The Kier molecular flexibility index (Phi) is 4.71. The van der Waals surface area contributed by atoms with Gasteiger partial charge in [-0.15, -0.1) is 0 Å². The number of rotatable bonds is 4. The SMILES string of the molecule is COc1ccc(C2=C(c3ccc(OC)cc3)C3(C(=O)c4ccccc4C3=O)c3ccccc32)cc1. The molecule has 0 N–H and O–H groups in total. The number of carbonyl (C=O) groups excluding carboxylic acids is 2. The molecule has 0 aromatic heterocycles. The average molecular weight is 459 g/mol. The summed E-state index contributed by atoms with van der Waals surface area (Å²) in [6, 6.07) is 30.2. The van der Waals surface area contributed by atoms with E-state index < -0.39 is 5.41 Å². The summed E-state index contributed by atoms with van der Waals surface area (Å²) >= 11 is 0. The van der Waals surface area contributed by atoms with Crippen molar-refractivity contribution in [2.75, 3.05) is 14.2 Å². The van der Waals surface area contributed by atoms with E-state index in [4.69, 9.17) is 9.47 Å². The predicted molar refractivity (Wildman–Crippen MR) is 135 cm³/mol. The van der Waals surface area contributed by atoms with Crippen molar-refractivity contribution in [1.82, 2.24) is 0 Å². The van der Waals surface area contributed by atoms with Gasteiger partial charge < -0.3 is 9.47 Å². The zero-order valence-corrected chi connectivity index (χ0v) is 19.4. The van der Waals surface area contributed by atoms with Crippen LogP contribution in [0.4, 0.5) is 0 Å². The molecule has 0 amide bonds. The van der Waals surface area contributed by atoms with Gasteiger partial charge >= 0.3 is 0 Å². The number of benzene rings is 4. The van der Waals surface area contributed by atoms with Crippen molar-refractivity contribution in [3.63, 3.8) is 0 Å². The maximum absolute atomic E-state index is 14.3. The molecule has 0 heterocycles. The molecular weight excluding hydrogens is 436 g/mol. The normalized spacial score (nSPS) is 15.4. The minimum atomic E-state index is -1.44. The van der Waals surface area contributed by atoms with Crippen LogP contribution in [0.1, 0.15) is 43.0 Å². The zero-order valence-electron chi connectivity index (χ0n) is 19.4. The first-order valence-corrected chi connectivity index (χ1v) is 11.4. The van der Waals surface area contributed by atoms with E-state index in [1.165, 1.54) is 0 Å². The lowest BCUT2D eigenvalue weighted by atomic mass is 9.70. The molecule has 2 aliphatic rings. The summed E-state index contributed by atoms with van der Waals surface area (Å²) in [6.45, 7) is 0. The van der Waals surface area contributed by atoms with Crippen LogP contribution in [0.3, 0.4) is 0 Å². The second-order valence-corrected chi connectivity index (χ2v) is 8.71. The fraction of sp³-hybridized carbons (Fsp3) is 0.0968. The molecular formula is C31H22O4. The van der Waals surface area contributed by atoms with E-state index in [1.54, 1.807) is 26.4 Å². The van der Waals surface area contributed by atoms with E-state index in [0.717, 1.165) is 33.6 Å². The smallest absolute Gasteiger partial charge is 0.186 e. The fourth-order valence-corrected chi connectivity index (χ4v) is 5.52. The van der Waals surface area contributed by atoms with Crippen molar-refractivity contribution in [3.05, 3.63) is 130 Å². The Morgan fingerprint density at radius 2 is 1.00 bits per heavy atom. The third-order valence-corrected chi connectivity index (χ3v) is 7.08. The van der Waals surface area contributed by atoms with Crippen molar-refractivity contribution in [2.45, 2.75) is 5.41 Å². The molecule has 1 spiro atoms. The quantitative estimate of drug-likeness (QED) is 0.352. The Morgan fingerprint density at radius 1 is 0.543 bits per heavy atom. The molecule has 4 nitrogen and oxygen atoms in total. The molecule has 4 aromatic carbocycles. The topological polar surface area (TPSA) is 52.6 Å². The molecule has 0 saturated carbocycles. The van der Waals surface area contributed by atoms with Crippen LogP contribution >= 0.6 is 0 Å². The number of fused-ring (bicyclic) bond motifs is 3. The lowest BCUT2D eigenvalue weighted by Gasteiger charge is -2.26. The molecule has 4 aromatic rings. The lowest BCUT2D eigenvalue weighted by molar-refractivity contribution is 0.0845. The second-order valence-electron chi connectivity index (χ2n) is 8.71. The third kappa shape index (κ3) is 2.80. The summed E-state index contributed by atoms with van der Waals surface area (Å²) in [5, 5.41) is 0. The monoisotopic (exact) mass is 458 g/mol. The molecule has 170 valence electrons. The minimum Gasteiger partial charge on any atom is -0.497 e. The molecule has 0 fully saturated rings. The molecule has 6 rings (SSSR count). The van der Waals surface area contributed by atoms with Crippen LogP contribution < -0.4 is 9.47 Å². The van der Waals surface area contributed by atoms with Crippen molar-refractivity contribution in [3.8, 4) is 11.5 Å². The largest absolute Gasteiger partial charge is 0.497 e. The Labute approximate surface area is 203 Å². The summed E-state index contributed by atoms with van der Waals surface area (Å²) in [4.78, 5) is 28.6. The molecule has 4 heteroatoms. The summed E-state index contributed by atoms with van der Waals surface area (Å²) in [7, 11) is 3.24. The van der Waals surface area contributed by atoms with Gasteiger partial charge in [0.1, 0.15) is 16.9 Å². The highest BCUT2D eigenvalue weighted by atomic mass is 16.5. The number of ether oxygens (including phenoxy) is 2. The van der Waals surface area contributed by atoms with Gasteiger partial charge in [0.25, 0.3) is 0 Å². The summed E-state index contributed by atoms with van der Waals surface area (Å²) < 4.78 is 10.7. The van der Waals surface area contributed by atoms with E-state index in [1.807, 2.05) is 84.9 Å². The number of methoxy groups -OCH3 is 2. The molecule has 0 atom stereocenters. The Balaban J connectivity index is 1.73. The van der Waals surface area contributed by atoms with Gasteiger partial charge in [-0.2, -0.15) is 0 Å². The Hall–Kier alpha value is -4.44. The third-order valence-electron chi connectivity index (χ3n) is 7.08. The van der Waals surface area contributed by atoms with E-state index in [9.17, 15) is 9.59 Å². The van der Waals surface area contributed by atoms with Crippen molar-refractivity contribution in [1.29, 1.82) is 0 Å². The number of hydrogen-bond donors (Lipinski definition) is 0. The first-order chi connectivity index (χ1) is 17.1. The molecule has 0 aliphatic heterocycles. The number of carbonyl (C=O) groups is 2. The van der Waals surface area contributed by atoms with Gasteiger partial charge in [0.2, 0.25) is 0 Å². The summed E-state index contributed by atoms with van der Waals surface area (Å²) in [5.41, 5.74) is 4.41. The maximum Gasteiger partial charge on any atom is 0.186 e. The van der Waals surface area contributed by atoms with E-state index in [2.05, 4.69) is 0 Å². The molecule has 35 heavy (non-hydrogen) atoms. The molecule has 0 bridgehead atoms. The standard InChI is InChI=1S/C31H22O4/c1-34-21-15-11-19(12-16-21)27-25-9-5-6-10-26(25)31(28(27)20-13-17-22(35-2)18-14-20)29(32)23-7-3-4-8-24(23)30(31)33/h3-18H,1-2H3. The van der Waals surface area contributed by atoms with E-state index in [-0.39, 0.29) is 11.6 Å². The van der Waals surface area contributed by atoms with Crippen LogP contribution in [-0.4, -0.2) is 25.8 Å². The highest BCUT2D eigenvalue weighted by molar-refractivity contribution is 6.43. The number of allylic oxidation sites excluding steroid dienone is 1. The number of ketones is 2. The van der Waals surface area contributed by atoms with Crippen molar-refractivity contribution < 1.29 is 19.1 Å². The van der Waals surface area contributed by atoms with Gasteiger partial charge in [-0.05, 0) is 57.7 Å². The van der Waals surface area contributed by atoms with Gasteiger partial charge in [0.05, 0.1) is 14.2 Å². The Bertz CT molecular complexity index is 1490. The predicted octanol–water partition coefficient (Wildman–Crippen LogP) is 5.99. The maximum atomic E-state index is 14.3. The average Bonchev–Trinajstić information content (AvgIpc) is 3.35. The fourth-order valence-electron chi connectivity index (χ4n) is 5.52. The lowest BCUT2D eigenvalue weighted by Crippen LogP contribution is -2.38. The molecule has 0 radical (unpaired) electrons. The van der Waals surface area contributed by atoms with Gasteiger partial charge in [0, 0.05) is 11.1 Å². The van der Waals surface area contributed by atoms with E-state index in [0.29, 0.717) is 22.4 Å². The van der Waals surface area contributed by atoms with E-state index >= 15 is 0 Å².